The standard InChI is InChI=1S/C55H100O6/c1-4-7-10-13-16-18-20-22-24-26-27-29-30-32-34-36-39-42-45-48-54(57)60-51-52(50-59-53(56)47-44-41-38-15-12-9-6-3)61-55(58)49-46-43-40-37-35-33-31-28-25-23-21-19-17-14-11-8-5-2/h16,18,22-25,52H,4-15,17,19-21,26-51H2,1-3H3/b18-16-,24-22-,25-23-. The van der Waals surface area contributed by atoms with Crippen molar-refractivity contribution in [1.29, 1.82) is 0 Å². The molecule has 0 heterocycles. The van der Waals surface area contributed by atoms with Crippen LogP contribution in [0.4, 0.5) is 0 Å². The molecule has 0 saturated carbocycles. The minimum Gasteiger partial charge on any atom is -0.462 e. The summed E-state index contributed by atoms with van der Waals surface area (Å²) in [5.74, 6) is -0.879. The van der Waals surface area contributed by atoms with Crippen LogP contribution in [0.3, 0.4) is 0 Å². The average Bonchev–Trinajstić information content (AvgIpc) is 3.26. The van der Waals surface area contributed by atoms with E-state index in [4.69, 9.17) is 14.2 Å². The van der Waals surface area contributed by atoms with Crippen molar-refractivity contribution in [2.24, 2.45) is 0 Å². The number of esters is 3. The third kappa shape index (κ3) is 48.5. The van der Waals surface area contributed by atoms with E-state index in [2.05, 4.69) is 57.2 Å². The Morgan fingerprint density at radius 3 is 0.951 bits per heavy atom. The Hall–Kier alpha value is -2.37. The van der Waals surface area contributed by atoms with Crippen LogP contribution in [0.5, 0.6) is 0 Å². The molecular weight excluding hydrogens is 757 g/mol. The van der Waals surface area contributed by atoms with Crippen molar-refractivity contribution < 1.29 is 28.6 Å². The first-order valence-electron chi connectivity index (χ1n) is 26.5. The van der Waals surface area contributed by atoms with E-state index in [1.165, 1.54) is 173 Å². The van der Waals surface area contributed by atoms with Gasteiger partial charge in [0.1, 0.15) is 13.2 Å². The quantitative estimate of drug-likeness (QED) is 0.0262. The van der Waals surface area contributed by atoms with E-state index in [1.807, 2.05) is 0 Å². The highest BCUT2D eigenvalue weighted by Gasteiger charge is 2.19. The number of hydrogen-bond donors (Lipinski definition) is 0. The second-order valence-electron chi connectivity index (χ2n) is 17.8. The lowest BCUT2D eigenvalue weighted by molar-refractivity contribution is -0.167. The molecule has 1 unspecified atom stereocenters. The zero-order valence-corrected chi connectivity index (χ0v) is 40.7. The first-order chi connectivity index (χ1) is 30.0. The number of carbonyl (C=O) groups is 3. The van der Waals surface area contributed by atoms with Crippen molar-refractivity contribution in [3.8, 4) is 0 Å². The second kappa shape index (κ2) is 50.3. The van der Waals surface area contributed by atoms with Crippen molar-refractivity contribution in [2.45, 2.75) is 284 Å². The predicted octanol–water partition coefficient (Wildman–Crippen LogP) is 17.3. The molecule has 0 rings (SSSR count). The van der Waals surface area contributed by atoms with Crippen LogP contribution in [-0.2, 0) is 28.6 Å². The molecule has 6 nitrogen and oxygen atoms in total. The highest BCUT2D eigenvalue weighted by molar-refractivity contribution is 5.71. The lowest BCUT2D eigenvalue weighted by Gasteiger charge is -2.18. The van der Waals surface area contributed by atoms with Crippen LogP contribution in [0, 0.1) is 0 Å². The Balaban J connectivity index is 4.23. The number of rotatable bonds is 48. The van der Waals surface area contributed by atoms with Crippen LogP contribution in [-0.4, -0.2) is 37.2 Å². The molecule has 0 aliphatic carbocycles. The number of unbranched alkanes of at least 4 members (excludes halogenated alkanes) is 31. The summed E-state index contributed by atoms with van der Waals surface area (Å²) in [5.41, 5.74) is 0. The monoisotopic (exact) mass is 857 g/mol. The molecule has 0 saturated heterocycles. The highest BCUT2D eigenvalue weighted by Crippen LogP contribution is 2.15. The summed E-state index contributed by atoms with van der Waals surface area (Å²) in [6, 6.07) is 0. The van der Waals surface area contributed by atoms with Gasteiger partial charge < -0.3 is 14.2 Å². The van der Waals surface area contributed by atoms with Gasteiger partial charge in [0.05, 0.1) is 0 Å². The maximum Gasteiger partial charge on any atom is 0.306 e. The summed E-state index contributed by atoms with van der Waals surface area (Å²) in [6.45, 7) is 6.58. The van der Waals surface area contributed by atoms with Gasteiger partial charge in [0.15, 0.2) is 6.10 Å². The van der Waals surface area contributed by atoms with Gasteiger partial charge in [-0.2, -0.15) is 0 Å². The molecule has 0 radical (unpaired) electrons. The molecule has 0 fully saturated rings. The first-order valence-corrected chi connectivity index (χ1v) is 26.5. The van der Waals surface area contributed by atoms with Crippen molar-refractivity contribution in [2.75, 3.05) is 13.2 Å². The topological polar surface area (TPSA) is 78.9 Å². The third-order valence-corrected chi connectivity index (χ3v) is 11.6. The average molecular weight is 857 g/mol. The Bertz CT molecular complexity index is 1030. The van der Waals surface area contributed by atoms with Crippen molar-refractivity contribution >= 4 is 17.9 Å². The van der Waals surface area contributed by atoms with Crippen molar-refractivity contribution in [1.82, 2.24) is 0 Å². The van der Waals surface area contributed by atoms with Crippen molar-refractivity contribution in [3.05, 3.63) is 36.5 Å². The Labute approximate surface area is 378 Å². The smallest absolute Gasteiger partial charge is 0.306 e. The molecular formula is C55H100O6. The van der Waals surface area contributed by atoms with Gasteiger partial charge in [-0.3, -0.25) is 14.4 Å². The summed E-state index contributed by atoms with van der Waals surface area (Å²) in [6.07, 6.45) is 58.6. The Morgan fingerprint density at radius 1 is 0.328 bits per heavy atom. The molecule has 0 spiro atoms. The van der Waals surface area contributed by atoms with Crippen LogP contribution < -0.4 is 0 Å². The molecule has 0 bridgehead atoms. The van der Waals surface area contributed by atoms with E-state index < -0.39 is 6.10 Å². The first kappa shape index (κ1) is 58.6. The molecule has 6 heteroatoms. The second-order valence-corrected chi connectivity index (χ2v) is 17.8. The molecule has 0 aliphatic heterocycles. The van der Waals surface area contributed by atoms with Gasteiger partial charge in [-0.05, 0) is 77.0 Å². The summed E-state index contributed by atoms with van der Waals surface area (Å²) < 4.78 is 16.7. The molecule has 0 amide bonds. The van der Waals surface area contributed by atoms with Gasteiger partial charge in [0.2, 0.25) is 0 Å². The van der Waals surface area contributed by atoms with E-state index in [1.54, 1.807) is 0 Å². The molecule has 0 N–H and O–H groups in total. The molecule has 1 atom stereocenters. The third-order valence-electron chi connectivity index (χ3n) is 11.6. The SMILES string of the molecule is CCCCC/C=C\C/C=C\CCCCCCCCCCCC(=O)OCC(COC(=O)CCCCCCCCC)OC(=O)CCCCCCCCC/C=C\CCCCCCCC. The fraction of sp³-hybridized carbons (Fsp3) is 0.836. The van der Waals surface area contributed by atoms with Crippen LogP contribution in [0.2, 0.25) is 0 Å². The van der Waals surface area contributed by atoms with Crippen molar-refractivity contribution in [3.63, 3.8) is 0 Å². The fourth-order valence-corrected chi connectivity index (χ4v) is 7.59. The van der Waals surface area contributed by atoms with E-state index in [0.717, 1.165) is 64.2 Å². The summed E-state index contributed by atoms with van der Waals surface area (Å²) in [4.78, 5) is 37.8. The molecule has 0 aromatic heterocycles. The van der Waals surface area contributed by atoms with Gasteiger partial charge in [0, 0.05) is 19.3 Å². The number of allylic oxidation sites excluding steroid dienone is 6. The minimum absolute atomic E-state index is 0.0733. The van der Waals surface area contributed by atoms with E-state index in [-0.39, 0.29) is 31.1 Å². The number of carbonyl (C=O) groups excluding carboxylic acids is 3. The van der Waals surface area contributed by atoms with Gasteiger partial charge >= 0.3 is 17.9 Å². The zero-order chi connectivity index (χ0) is 44.4. The maximum absolute atomic E-state index is 12.8. The summed E-state index contributed by atoms with van der Waals surface area (Å²) in [5, 5.41) is 0. The summed E-state index contributed by atoms with van der Waals surface area (Å²) >= 11 is 0. The number of ether oxygens (including phenoxy) is 3. The number of hydrogen-bond acceptors (Lipinski definition) is 6. The minimum atomic E-state index is -0.771. The normalized spacial score (nSPS) is 12.2. The molecule has 0 aromatic rings. The Morgan fingerprint density at radius 2 is 0.590 bits per heavy atom. The summed E-state index contributed by atoms with van der Waals surface area (Å²) in [7, 11) is 0. The molecule has 0 aliphatic rings. The van der Waals surface area contributed by atoms with Gasteiger partial charge in [-0.15, -0.1) is 0 Å². The lowest BCUT2D eigenvalue weighted by Crippen LogP contribution is -2.30. The zero-order valence-electron chi connectivity index (χ0n) is 40.7. The van der Waals surface area contributed by atoms with E-state index >= 15 is 0 Å². The largest absolute Gasteiger partial charge is 0.462 e. The van der Waals surface area contributed by atoms with Crippen LogP contribution >= 0.6 is 0 Å². The predicted molar refractivity (Wildman–Crippen MR) is 261 cm³/mol. The van der Waals surface area contributed by atoms with Gasteiger partial charge in [0.25, 0.3) is 0 Å². The van der Waals surface area contributed by atoms with Gasteiger partial charge in [-0.1, -0.05) is 218 Å². The van der Waals surface area contributed by atoms with Gasteiger partial charge in [-0.25, -0.2) is 0 Å². The van der Waals surface area contributed by atoms with Crippen LogP contribution in [0.1, 0.15) is 278 Å². The van der Waals surface area contributed by atoms with Crippen LogP contribution in [0.15, 0.2) is 36.5 Å². The molecule has 0 aromatic carbocycles. The fourth-order valence-electron chi connectivity index (χ4n) is 7.59. The Kier molecular flexibility index (Phi) is 48.3. The highest BCUT2D eigenvalue weighted by atomic mass is 16.6. The molecule has 356 valence electrons. The van der Waals surface area contributed by atoms with Crippen LogP contribution in [0.25, 0.3) is 0 Å². The lowest BCUT2D eigenvalue weighted by atomic mass is 10.1. The maximum atomic E-state index is 12.8. The van der Waals surface area contributed by atoms with E-state index in [9.17, 15) is 14.4 Å². The molecule has 61 heavy (non-hydrogen) atoms. The van der Waals surface area contributed by atoms with E-state index in [0.29, 0.717) is 19.3 Å².